The lowest BCUT2D eigenvalue weighted by atomic mass is 10.2. The summed E-state index contributed by atoms with van der Waals surface area (Å²) in [7, 11) is 0. The number of amides is 1. The highest BCUT2D eigenvalue weighted by Gasteiger charge is 2.23. The molecule has 1 amide bonds. The van der Waals surface area contributed by atoms with E-state index in [2.05, 4.69) is 21.2 Å². The predicted molar refractivity (Wildman–Crippen MR) is 66.7 cm³/mol. The van der Waals surface area contributed by atoms with Crippen molar-refractivity contribution in [2.75, 3.05) is 6.61 Å². The molecule has 0 aliphatic heterocycles. The molecule has 0 aromatic heterocycles. The van der Waals surface area contributed by atoms with E-state index >= 15 is 0 Å². The largest absolute Gasteiger partial charge is 0.483 e. The molecule has 2 N–H and O–H groups in total. The number of aliphatic hydroxyl groups is 1. The number of hydrogen-bond donors (Lipinski definition) is 2. The Balaban J connectivity index is 1.90. The van der Waals surface area contributed by atoms with E-state index in [4.69, 9.17) is 9.84 Å². The second-order valence-corrected chi connectivity index (χ2v) is 4.96. The normalized spacial score (nSPS) is 14.5. The molecular formula is C12H14BrNO3. The van der Waals surface area contributed by atoms with Crippen molar-refractivity contribution < 1.29 is 14.6 Å². The standard InChI is InChI=1S/C12H14BrNO3/c13-9-1-4-11(8(5-9)6-15)17-7-12(16)14-10-2-3-10/h1,4-5,10,15H,2-3,6-7H2,(H,14,16). The van der Waals surface area contributed by atoms with Crippen LogP contribution in [0.2, 0.25) is 0 Å². The van der Waals surface area contributed by atoms with Gasteiger partial charge >= 0.3 is 0 Å². The van der Waals surface area contributed by atoms with Gasteiger partial charge in [0.25, 0.3) is 5.91 Å². The molecule has 5 heteroatoms. The summed E-state index contributed by atoms with van der Waals surface area (Å²) in [6, 6.07) is 5.66. The number of carbonyl (C=O) groups is 1. The first-order valence-electron chi connectivity index (χ1n) is 5.50. The summed E-state index contributed by atoms with van der Waals surface area (Å²) in [5.41, 5.74) is 0.665. The fraction of sp³-hybridized carbons (Fsp3) is 0.417. The molecule has 1 aromatic rings. The molecule has 1 aliphatic carbocycles. The molecule has 0 heterocycles. The highest BCUT2D eigenvalue weighted by Crippen LogP contribution is 2.23. The molecular weight excluding hydrogens is 286 g/mol. The number of ether oxygens (including phenoxy) is 1. The lowest BCUT2D eigenvalue weighted by Gasteiger charge is -2.10. The van der Waals surface area contributed by atoms with E-state index in [1.54, 1.807) is 12.1 Å². The topological polar surface area (TPSA) is 58.6 Å². The summed E-state index contributed by atoms with van der Waals surface area (Å²) in [6.07, 6.45) is 2.12. The second kappa shape index (κ2) is 5.51. The minimum atomic E-state index is -0.112. The van der Waals surface area contributed by atoms with Crippen LogP contribution in [-0.4, -0.2) is 23.7 Å². The Morgan fingerprint density at radius 2 is 2.29 bits per heavy atom. The summed E-state index contributed by atoms with van der Waals surface area (Å²) in [6.45, 7) is -0.121. The number of carbonyl (C=O) groups excluding carboxylic acids is 1. The molecule has 1 saturated carbocycles. The zero-order valence-corrected chi connectivity index (χ0v) is 10.9. The molecule has 4 nitrogen and oxygen atoms in total. The van der Waals surface area contributed by atoms with Crippen LogP contribution in [-0.2, 0) is 11.4 Å². The van der Waals surface area contributed by atoms with Gasteiger partial charge in [-0.05, 0) is 31.0 Å². The van der Waals surface area contributed by atoms with Crippen LogP contribution in [0, 0.1) is 0 Å². The summed E-state index contributed by atoms with van der Waals surface area (Å²) in [5.74, 6) is 0.431. The lowest BCUT2D eigenvalue weighted by molar-refractivity contribution is -0.123. The average molecular weight is 300 g/mol. The van der Waals surface area contributed by atoms with Crippen molar-refractivity contribution in [3.63, 3.8) is 0 Å². The van der Waals surface area contributed by atoms with Crippen molar-refractivity contribution in [3.05, 3.63) is 28.2 Å². The zero-order valence-electron chi connectivity index (χ0n) is 9.28. The minimum Gasteiger partial charge on any atom is -0.483 e. The van der Waals surface area contributed by atoms with E-state index in [1.165, 1.54) is 0 Å². The van der Waals surface area contributed by atoms with E-state index < -0.39 is 0 Å². The van der Waals surface area contributed by atoms with Gasteiger partial charge in [-0.3, -0.25) is 4.79 Å². The Kier molecular flexibility index (Phi) is 4.02. The Labute approximate surface area is 108 Å². The Bertz CT molecular complexity index is 418. The van der Waals surface area contributed by atoms with E-state index in [1.807, 2.05) is 6.07 Å². The molecule has 2 rings (SSSR count). The number of benzene rings is 1. The molecule has 1 aromatic carbocycles. The fourth-order valence-electron chi connectivity index (χ4n) is 1.45. The third kappa shape index (κ3) is 3.71. The summed E-state index contributed by atoms with van der Waals surface area (Å²) < 4.78 is 6.25. The molecule has 92 valence electrons. The highest BCUT2D eigenvalue weighted by atomic mass is 79.9. The Hall–Kier alpha value is -1.07. The minimum absolute atomic E-state index is 0.00880. The van der Waals surface area contributed by atoms with Crippen molar-refractivity contribution >= 4 is 21.8 Å². The van der Waals surface area contributed by atoms with Gasteiger partial charge in [0, 0.05) is 16.1 Å². The van der Waals surface area contributed by atoms with Gasteiger partial charge in [-0.15, -0.1) is 0 Å². The molecule has 0 bridgehead atoms. The van der Waals surface area contributed by atoms with Crippen LogP contribution < -0.4 is 10.1 Å². The van der Waals surface area contributed by atoms with Gasteiger partial charge in [0.15, 0.2) is 6.61 Å². The first kappa shape index (κ1) is 12.4. The van der Waals surface area contributed by atoms with Crippen molar-refractivity contribution in [3.8, 4) is 5.75 Å². The third-order valence-corrected chi connectivity index (χ3v) is 2.99. The quantitative estimate of drug-likeness (QED) is 0.868. The number of halogens is 1. The van der Waals surface area contributed by atoms with Gasteiger partial charge in [-0.25, -0.2) is 0 Å². The van der Waals surface area contributed by atoms with Crippen LogP contribution in [0.5, 0.6) is 5.75 Å². The average Bonchev–Trinajstić information content (AvgIpc) is 3.11. The summed E-state index contributed by atoms with van der Waals surface area (Å²) >= 11 is 3.31. The van der Waals surface area contributed by atoms with Crippen LogP contribution in [0.15, 0.2) is 22.7 Å². The smallest absolute Gasteiger partial charge is 0.258 e. The maximum absolute atomic E-state index is 11.4. The fourth-order valence-corrected chi connectivity index (χ4v) is 1.86. The van der Waals surface area contributed by atoms with Gasteiger partial charge in [0.1, 0.15) is 5.75 Å². The highest BCUT2D eigenvalue weighted by molar-refractivity contribution is 9.10. The molecule has 0 saturated heterocycles. The van der Waals surface area contributed by atoms with Gasteiger partial charge in [0.2, 0.25) is 0 Å². The van der Waals surface area contributed by atoms with E-state index in [-0.39, 0.29) is 19.1 Å². The number of nitrogens with one attached hydrogen (secondary N) is 1. The molecule has 0 unspecified atom stereocenters. The molecule has 0 spiro atoms. The Morgan fingerprint density at radius 1 is 1.53 bits per heavy atom. The first-order valence-corrected chi connectivity index (χ1v) is 6.30. The van der Waals surface area contributed by atoms with Crippen molar-refractivity contribution in [1.82, 2.24) is 5.32 Å². The van der Waals surface area contributed by atoms with Gasteiger partial charge in [-0.2, -0.15) is 0 Å². The monoisotopic (exact) mass is 299 g/mol. The van der Waals surface area contributed by atoms with Crippen molar-refractivity contribution in [2.45, 2.75) is 25.5 Å². The van der Waals surface area contributed by atoms with E-state index in [9.17, 15) is 4.79 Å². The van der Waals surface area contributed by atoms with Crippen LogP contribution in [0.1, 0.15) is 18.4 Å². The lowest BCUT2D eigenvalue weighted by Crippen LogP contribution is -2.30. The molecule has 1 aliphatic rings. The summed E-state index contributed by atoms with van der Waals surface area (Å²) in [4.78, 5) is 11.4. The van der Waals surface area contributed by atoms with Crippen LogP contribution >= 0.6 is 15.9 Å². The number of hydrogen-bond acceptors (Lipinski definition) is 3. The second-order valence-electron chi connectivity index (χ2n) is 4.04. The summed E-state index contributed by atoms with van der Waals surface area (Å²) in [5, 5.41) is 12.0. The van der Waals surface area contributed by atoms with Gasteiger partial charge < -0.3 is 15.2 Å². The maximum atomic E-state index is 11.4. The molecule has 17 heavy (non-hydrogen) atoms. The van der Waals surface area contributed by atoms with Crippen LogP contribution in [0.3, 0.4) is 0 Å². The van der Waals surface area contributed by atoms with E-state index in [0.717, 1.165) is 17.3 Å². The predicted octanol–water partition coefficient (Wildman–Crippen LogP) is 1.60. The number of rotatable bonds is 5. The van der Waals surface area contributed by atoms with Crippen molar-refractivity contribution in [1.29, 1.82) is 0 Å². The van der Waals surface area contributed by atoms with Gasteiger partial charge in [0.05, 0.1) is 6.61 Å². The maximum Gasteiger partial charge on any atom is 0.258 e. The zero-order chi connectivity index (χ0) is 12.3. The van der Waals surface area contributed by atoms with Crippen LogP contribution in [0.25, 0.3) is 0 Å². The van der Waals surface area contributed by atoms with Crippen LogP contribution in [0.4, 0.5) is 0 Å². The third-order valence-electron chi connectivity index (χ3n) is 2.49. The molecule has 0 atom stereocenters. The molecule has 0 radical (unpaired) electrons. The molecule has 1 fully saturated rings. The van der Waals surface area contributed by atoms with E-state index in [0.29, 0.717) is 17.4 Å². The SMILES string of the molecule is O=C(COc1ccc(Br)cc1CO)NC1CC1. The Morgan fingerprint density at radius 3 is 2.94 bits per heavy atom. The number of aliphatic hydroxyl groups excluding tert-OH is 1. The van der Waals surface area contributed by atoms with Crippen molar-refractivity contribution in [2.24, 2.45) is 0 Å². The van der Waals surface area contributed by atoms with Gasteiger partial charge in [-0.1, -0.05) is 15.9 Å². The first-order chi connectivity index (χ1) is 8.19.